The van der Waals surface area contributed by atoms with E-state index >= 15 is 0 Å². The number of morpholine rings is 1. The number of carbonyl (C=O) groups is 1. The second-order valence-corrected chi connectivity index (χ2v) is 10.1. The number of nitrogens with one attached hydrogen (secondary N) is 2. The molecule has 180 valence electrons. The smallest absolute Gasteiger partial charge is 0.341 e. The van der Waals surface area contributed by atoms with Gasteiger partial charge in [-0.15, -0.1) is 0 Å². The van der Waals surface area contributed by atoms with Crippen molar-refractivity contribution in [2.75, 3.05) is 42.8 Å². The maximum Gasteiger partial charge on any atom is 0.341 e. The van der Waals surface area contributed by atoms with Crippen LogP contribution in [0.2, 0.25) is 0 Å². The number of aromatic carboxylic acids is 1. The number of rotatable bonds is 6. The van der Waals surface area contributed by atoms with E-state index in [0.29, 0.717) is 43.5 Å². The Kier molecular flexibility index (Phi) is 5.83. The molecule has 0 saturated carbocycles. The van der Waals surface area contributed by atoms with Gasteiger partial charge in [-0.05, 0) is 30.3 Å². The first-order valence-electron chi connectivity index (χ1n) is 10.8. The SMILES string of the molecule is CS(=O)(=O)c1ccc(-c2nc(N3CCOCC3)nc(Nc3ccc4[nH]ncc4c3)c2C(=O)O)cc1. The lowest BCUT2D eigenvalue weighted by Gasteiger charge is -2.28. The van der Waals surface area contributed by atoms with Gasteiger partial charge in [0.15, 0.2) is 15.7 Å². The third kappa shape index (κ3) is 4.66. The van der Waals surface area contributed by atoms with E-state index in [-0.39, 0.29) is 22.0 Å². The average Bonchev–Trinajstić information content (AvgIpc) is 3.31. The van der Waals surface area contributed by atoms with Gasteiger partial charge in [-0.3, -0.25) is 5.10 Å². The molecule has 0 amide bonds. The molecule has 35 heavy (non-hydrogen) atoms. The van der Waals surface area contributed by atoms with Crippen LogP contribution in [0.4, 0.5) is 17.5 Å². The van der Waals surface area contributed by atoms with Crippen molar-refractivity contribution in [3.05, 3.63) is 54.2 Å². The molecule has 5 rings (SSSR count). The molecule has 1 saturated heterocycles. The number of hydrogen-bond acceptors (Lipinski definition) is 9. The molecule has 0 bridgehead atoms. The molecule has 12 heteroatoms. The molecule has 3 N–H and O–H groups in total. The monoisotopic (exact) mass is 494 g/mol. The Bertz CT molecular complexity index is 1510. The number of aromatic nitrogens is 4. The van der Waals surface area contributed by atoms with E-state index in [1.165, 1.54) is 12.1 Å². The van der Waals surface area contributed by atoms with Crippen molar-refractivity contribution < 1.29 is 23.1 Å². The largest absolute Gasteiger partial charge is 0.477 e. The molecule has 0 atom stereocenters. The fourth-order valence-electron chi connectivity index (χ4n) is 3.87. The van der Waals surface area contributed by atoms with Crippen molar-refractivity contribution in [1.29, 1.82) is 0 Å². The van der Waals surface area contributed by atoms with E-state index in [9.17, 15) is 18.3 Å². The van der Waals surface area contributed by atoms with Gasteiger partial charge in [-0.25, -0.2) is 18.2 Å². The first-order valence-corrected chi connectivity index (χ1v) is 12.7. The van der Waals surface area contributed by atoms with Gasteiger partial charge in [0.05, 0.1) is 35.5 Å². The fraction of sp³-hybridized carbons (Fsp3) is 0.217. The molecule has 1 aliphatic rings. The minimum Gasteiger partial charge on any atom is -0.477 e. The predicted octanol–water partition coefficient (Wildman–Crippen LogP) is 2.70. The highest BCUT2D eigenvalue weighted by Gasteiger charge is 2.25. The van der Waals surface area contributed by atoms with Crippen LogP contribution < -0.4 is 10.2 Å². The number of ether oxygens (including phenoxy) is 1. The molecule has 0 radical (unpaired) electrons. The van der Waals surface area contributed by atoms with Gasteiger partial charge in [0.2, 0.25) is 5.95 Å². The summed E-state index contributed by atoms with van der Waals surface area (Å²) < 4.78 is 29.2. The maximum absolute atomic E-state index is 12.4. The van der Waals surface area contributed by atoms with Crippen LogP contribution >= 0.6 is 0 Å². The molecule has 2 aromatic carbocycles. The molecule has 11 nitrogen and oxygen atoms in total. The maximum atomic E-state index is 12.4. The Morgan fingerprint density at radius 3 is 2.54 bits per heavy atom. The average molecular weight is 495 g/mol. The van der Waals surface area contributed by atoms with E-state index in [2.05, 4.69) is 25.5 Å². The van der Waals surface area contributed by atoms with Crippen molar-refractivity contribution in [1.82, 2.24) is 20.2 Å². The van der Waals surface area contributed by atoms with Gasteiger partial charge in [-0.2, -0.15) is 10.1 Å². The number of hydrogen-bond donors (Lipinski definition) is 3. The molecule has 3 heterocycles. The number of carboxylic acids is 1. The number of nitrogens with zero attached hydrogens (tertiary/aromatic N) is 4. The molecule has 0 spiro atoms. The van der Waals surface area contributed by atoms with Crippen molar-refractivity contribution in [2.24, 2.45) is 0 Å². The van der Waals surface area contributed by atoms with Crippen LogP contribution in [0.25, 0.3) is 22.2 Å². The summed E-state index contributed by atoms with van der Waals surface area (Å²) in [6.45, 7) is 2.11. The lowest BCUT2D eigenvalue weighted by Crippen LogP contribution is -2.37. The lowest BCUT2D eigenvalue weighted by molar-refractivity contribution is 0.0698. The Morgan fingerprint density at radius 2 is 1.86 bits per heavy atom. The summed E-state index contributed by atoms with van der Waals surface area (Å²) in [4.78, 5) is 23.7. The van der Waals surface area contributed by atoms with Crippen LogP contribution in [-0.4, -0.2) is 72.2 Å². The van der Waals surface area contributed by atoms with Crippen LogP contribution in [0.1, 0.15) is 10.4 Å². The fourth-order valence-corrected chi connectivity index (χ4v) is 4.50. The Balaban J connectivity index is 1.65. The van der Waals surface area contributed by atoms with Gasteiger partial charge in [-0.1, -0.05) is 12.1 Å². The van der Waals surface area contributed by atoms with Crippen molar-refractivity contribution in [3.8, 4) is 11.3 Å². The highest BCUT2D eigenvalue weighted by atomic mass is 32.2. The van der Waals surface area contributed by atoms with E-state index in [4.69, 9.17) is 4.74 Å². The minimum absolute atomic E-state index is 0.124. The summed E-state index contributed by atoms with van der Waals surface area (Å²) in [5.74, 6) is -0.737. The predicted molar refractivity (Wildman–Crippen MR) is 130 cm³/mol. The van der Waals surface area contributed by atoms with Crippen molar-refractivity contribution in [3.63, 3.8) is 0 Å². The Morgan fingerprint density at radius 1 is 1.11 bits per heavy atom. The minimum atomic E-state index is -3.41. The molecule has 2 aromatic heterocycles. The Labute approximate surface area is 200 Å². The molecule has 1 aliphatic heterocycles. The highest BCUT2D eigenvalue weighted by molar-refractivity contribution is 7.90. The Hall–Kier alpha value is -4.03. The first-order chi connectivity index (χ1) is 16.8. The number of benzene rings is 2. The summed E-state index contributed by atoms with van der Waals surface area (Å²) in [5, 5.41) is 21.0. The summed E-state index contributed by atoms with van der Waals surface area (Å²) >= 11 is 0. The quantitative estimate of drug-likeness (QED) is 0.365. The molecule has 0 aliphatic carbocycles. The van der Waals surface area contributed by atoms with Crippen LogP contribution in [-0.2, 0) is 14.6 Å². The van der Waals surface area contributed by atoms with Gasteiger partial charge in [0.1, 0.15) is 5.56 Å². The van der Waals surface area contributed by atoms with Gasteiger partial charge in [0.25, 0.3) is 0 Å². The number of aromatic amines is 1. The third-order valence-electron chi connectivity index (χ3n) is 5.66. The van der Waals surface area contributed by atoms with Crippen molar-refractivity contribution >= 4 is 44.2 Å². The highest BCUT2D eigenvalue weighted by Crippen LogP contribution is 2.32. The van der Waals surface area contributed by atoms with E-state index in [1.807, 2.05) is 17.0 Å². The molecule has 0 unspecified atom stereocenters. The van der Waals surface area contributed by atoms with E-state index in [0.717, 1.165) is 17.2 Å². The van der Waals surface area contributed by atoms with Gasteiger partial charge in [0, 0.05) is 36.0 Å². The zero-order valence-electron chi connectivity index (χ0n) is 18.7. The lowest BCUT2D eigenvalue weighted by atomic mass is 10.1. The van der Waals surface area contributed by atoms with Crippen LogP contribution in [0.5, 0.6) is 0 Å². The first kappa shape index (κ1) is 22.7. The zero-order chi connectivity index (χ0) is 24.6. The second-order valence-electron chi connectivity index (χ2n) is 8.09. The summed E-state index contributed by atoms with van der Waals surface area (Å²) in [5.41, 5.74) is 1.99. The standard InChI is InChI=1S/C23H22N6O5S/c1-35(32,33)17-5-2-14(3-6-17)20-19(22(30)31)21(27-23(26-20)29-8-10-34-11-9-29)25-16-4-7-18-15(12-16)13-24-28-18/h2-7,12-13H,8-11H2,1H3,(H,24,28)(H,30,31)(H,25,26,27). The second kappa shape index (κ2) is 8.96. The molecule has 4 aromatic rings. The molecule has 1 fully saturated rings. The van der Waals surface area contributed by atoms with Gasteiger partial charge < -0.3 is 20.1 Å². The third-order valence-corrected chi connectivity index (χ3v) is 6.79. The summed E-state index contributed by atoms with van der Waals surface area (Å²) in [6, 6.07) is 11.4. The number of fused-ring (bicyclic) bond motifs is 1. The van der Waals surface area contributed by atoms with Crippen molar-refractivity contribution in [2.45, 2.75) is 4.90 Å². The molecular weight excluding hydrogens is 472 g/mol. The van der Waals surface area contributed by atoms with Crippen LogP contribution in [0, 0.1) is 0 Å². The topological polar surface area (TPSA) is 150 Å². The number of carboxylic acid groups (broad SMARTS) is 1. The number of anilines is 3. The summed E-state index contributed by atoms with van der Waals surface area (Å²) in [7, 11) is -3.41. The summed E-state index contributed by atoms with van der Waals surface area (Å²) in [6.07, 6.45) is 2.79. The van der Waals surface area contributed by atoms with E-state index < -0.39 is 15.8 Å². The zero-order valence-corrected chi connectivity index (χ0v) is 19.5. The number of sulfone groups is 1. The van der Waals surface area contributed by atoms with Crippen LogP contribution in [0.3, 0.4) is 0 Å². The van der Waals surface area contributed by atoms with E-state index in [1.54, 1.807) is 24.4 Å². The normalized spacial score (nSPS) is 14.3. The number of H-pyrrole nitrogens is 1. The van der Waals surface area contributed by atoms with Crippen LogP contribution in [0.15, 0.2) is 53.6 Å². The van der Waals surface area contributed by atoms with Gasteiger partial charge >= 0.3 is 5.97 Å². The molecular formula is C23H22N6O5S.